The summed E-state index contributed by atoms with van der Waals surface area (Å²) < 4.78 is 6.29. The highest BCUT2D eigenvalue weighted by Crippen LogP contribution is 2.34. The van der Waals surface area contributed by atoms with Crippen LogP contribution in [0.2, 0.25) is 0 Å². The second-order valence-electron chi connectivity index (χ2n) is 4.53. The monoisotopic (exact) mass is 296 g/mol. The third-order valence-electron chi connectivity index (χ3n) is 3.43. The summed E-state index contributed by atoms with van der Waals surface area (Å²) in [4.78, 5) is 16.1. The minimum absolute atomic E-state index is 0.0777. The van der Waals surface area contributed by atoms with Gasteiger partial charge in [-0.1, -0.05) is 0 Å². The molecule has 1 aromatic rings. The largest absolute Gasteiger partial charge is 0.373 e. The van der Waals surface area contributed by atoms with E-state index in [1.54, 1.807) is 18.3 Å². The lowest BCUT2D eigenvalue weighted by Crippen LogP contribution is -2.41. The molecule has 0 saturated carbocycles. The maximum absolute atomic E-state index is 12.1. The Bertz CT molecular complexity index is 452. The second kappa shape index (κ2) is 4.38. The zero-order valence-corrected chi connectivity index (χ0v) is 10.8. The Labute approximate surface area is 108 Å². The van der Waals surface area contributed by atoms with Crippen LogP contribution >= 0.6 is 15.9 Å². The molecular formula is C12H13BrN2O2. The van der Waals surface area contributed by atoms with Crippen molar-refractivity contribution in [1.82, 2.24) is 10.3 Å². The van der Waals surface area contributed by atoms with Crippen molar-refractivity contribution < 1.29 is 9.53 Å². The van der Waals surface area contributed by atoms with Gasteiger partial charge in [0.2, 0.25) is 0 Å². The molecule has 2 aliphatic heterocycles. The van der Waals surface area contributed by atoms with Gasteiger partial charge in [-0.15, -0.1) is 0 Å². The minimum atomic E-state index is -0.0777. The van der Waals surface area contributed by atoms with Crippen LogP contribution in [0.25, 0.3) is 0 Å². The minimum Gasteiger partial charge on any atom is -0.373 e. The maximum atomic E-state index is 12.1. The van der Waals surface area contributed by atoms with Gasteiger partial charge in [0, 0.05) is 6.20 Å². The van der Waals surface area contributed by atoms with Crippen LogP contribution in [0.1, 0.15) is 29.6 Å². The Morgan fingerprint density at radius 1 is 1.53 bits per heavy atom. The molecule has 3 rings (SSSR count). The van der Waals surface area contributed by atoms with E-state index < -0.39 is 0 Å². The lowest BCUT2D eigenvalue weighted by Gasteiger charge is -2.20. The molecule has 17 heavy (non-hydrogen) atoms. The number of hydrogen-bond donors (Lipinski definition) is 1. The van der Waals surface area contributed by atoms with Crippen molar-refractivity contribution in [2.24, 2.45) is 0 Å². The van der Waals surface area contributed by atoms with E-state index in [1.165, 1.54) is 0 Å². The van der Waals surface area contributed by atoms with Crippen LogP contribution in [-0.2, 0) is 4.74 Å². The van der Waals surface area contributed by atoms with Crippen molar-refractivity contribution in [3.8, 4) is 0 Å². The normalized spacial score (nSPS) is 30.5. The molecule has 0 radical (unpaired) electrons. The van der Waals surface area contributed by atoms with Crippen molar-refractivity contribution in [1.29, 1.82) is 0 Å². The molecule has 1 N–H and O–H groups in total. The maximum Gasteiger partial charge on any atom is 0.254 e. The second-order valence-corrected chi connectivity index (χ2v) is 5.28. The number of carbonyl (C=O) groups excluding carboxylic acids is 1. The summed E-state index contributed by atoms with van der Waals surface area (Å²) in [6.07, 6.45) is 5.34. The standard InChI is InChI=1S/C12H13BrN2O2/c13-11-8(2-1-5-14-11)12(16)15-9-6-7-3-4-10(9)17-7/h1-2,5,7,9-10H,3-4,6H2,(H,15,16). The Morgan fingerprint density at radius 3 is 3.06 bits per heavy atom. The molecule has 3 heterocycles. The summed E-state index contributed by atoms with van der Waals surface area (Å²) in [6.45, 7) is 0. The predicted octanol–water partition coefficient (Wildman–Crippen LogP) is 1.89. The number of aromatic nitrogens is 1. The van der Waals surface area contributed by atoms with Crippen LogP contribution in [0.3, 0.4) is 0 Å². The average molecular weight is 297 g/mol. The van der Waals surface area contributed by atoms with Crippen LogP contribution in [0.15, 0.2) is 22.9 Å². The van der Waals surface area contributed by atoms with E-state index in [1.807, 2.05) is 0 Å². The summed E-state index contributed by atoms with van der Waals surface area (Å²) in [5.41, 5.74) is 0.579. The fraction of sp³-hybridized carbons (Fsp3) is 0.500. The number of ether oxygens (including phenoxy) is 1. The number of halogens is 1. The zero-order valence-electron chi connectivity index (χ0n) is 9.23. The molecule has 2 bridgehead atoms. The van der Waals surface area contributed by atoms with E-state index in [0.717, 1.165) is 19.3 Å². The van der Waals surface area contributed by atoms with Crippen molar-refractivity contribution in [2.75, 3.05) is 0 Å². The number of carbonyl (C=O) groups is 1. The van der Waals surface area contributed by atoms with E-state index in [4.69, 9.17) is 4.74 Å². The average Bonchev–Trinajstić information content (AvgIpc) is 2.91. The van der Waals surface area contributed by atoms with Gasteiger partial charge in [0.15, 0.2) is 0 Å². The highest BCUT2D eigenvalue weighted by Gasteiger charge is 2.41. The summed E-state index contributed by atoms with van der Waals surface area (Å²) in [5, 5.41) is 3.03. The van der Waals surface area contributed by atoms with E-state index in [-0.39, 0.29) is 18.1 Å². The van der Waals surface area contributed by atoms with Gasteiger partial charge in [0.05, 0.1) is 23.8 Å². The van der Waals surface area contributed by atoms with E-state index in [0.29, 0.717) is 16.3 Å². The summed E-state index contributed by atoms with van der Waals surface area (Å²) in [6, 6.07) is 3.69. The summed E-state index contributed by atoms with van der Waals surface area (Å²) in [7, 11) is 0. The molecule has 4 nitrogen and oxygen atoms in total. The Morgan fingerprint density at radius 2 is 2.41 bits per heavy atom. The predicted molar refractivity (Wildman–Crippen MR) is 65.7 cm³/mol. The Kier molecular flexibility index (Phi) is 2.88. The lowest BCUT2D eigenvalue weighted by atomic mass is 9.95. The number of nitrogens with zero attached hydrogens (tertiary/aromatic N) is 1. The van der Waals surface area contributed by atoms with Gasteiger partial charge in [-0.25, -0.2) is 4.98 Å². The first kappa shape index (κ1) is 11.2. The van der Waals surface area contributed by atoms with Gasteiger partial charge in [0.25, 0.3) is 5.91 Å². The molecule has 5 heteroatoms. The third-order valence-corrected chi connectivity index (χ3v) is 4.06. The third kappa shape index (κ3) is 2.09. The Hall–Kier alpha value is -0.940. The van der Waals surface area contributed by atoms with Crippen LogP contribution in [-0.4, -0.2) is 29.1 Å². The van der Waals surface area contributed by atoms with Gasteiger partial charge >= 0.3 is 0 Å². The van der Waals surface area contributed by atoms with Crippen LogP contribution in [0, 0.1) is 0 Å². The molecule has 2 saturated heterocycles. The van der Waals surface area contributed by atoms with Crippen molar-refractivity contribution in [3.63, 3.8) is 0 Å². The quantitative estimate of drug-likeness (QED) is 0.848. The fourth-order valence-corrected chi connectivity index (χ4v) is 3.02. The number of hydrogen-bond acceptors (Lipinski definition) is 3. The number of nitrogens with one attached hydrogen (secondary N) is 1. The number of fused-ring (bicyclic) bond motifs is 2. The molecule has 0 aliphatic carbocycles. The van der Waals surface area contributed by atoms with Crippen molar-refractivity contribution in [2.45, 2.75) is 37.5 Å². The van der Waals surface area contributed by atoms with E-state index in [9.17, 15) is 4.79 Å². The molecule has 2 aliphatic rings. The molecule has 1 amide bonds. The van der Waals surface area contributed by atoms with Crippen LogP contribution in [0.4, 0.5) is 0 Å². The van der Waals surface area contributed by atoms with E-state index in [2.05, 4.69) is 26.2 Å². The number of amides is 1. The topological polar surface area (TPSA) is 51.2 Å². The van der Waals surface area contributed by atoms with Gasteiger partial charge < -0.3 is 10.1 Å². The summed E-state index contributed by atoms with van der Waals surface area (Å²) >= 11 is 3.28. The van der Waals surface area contributed by atoms with Crippen LogP contribution in [0.5, 0.6) is 0 Å². The zero-order chi connectivity index (χ0) is 11.8. The lowest BCUT2D eigenvalue weighted by molar-refractivity contribution is 0.0840. The molecule has 0 aromatic carbocycles. The molecule has 90 valence electrons. The molecule has 3 unspecified atom stereocenters. The van der Waals surface area contributed by atoms with Gasteiger partial charge in [-0.2, -0.15) is 0 Å². The first-order valence-corrected chi connectivity index (χ1v) is 6.60. The molecule has 0 spiro atoms. The first-order valence-electron chi connectivity index (χ1n) is 5.81. The van der Waals surface area contributed by atoms with Crippen molar-refractivity contribution in [3.05, 3.63) is 28.5 Å². The van der Waals surface area contributed by atoms with Gasteiger partial charge in [0.1, 0.15) is 4.60 Å². The molecule has 1 aromatic heterocycles. The SMILES string of the molecule is O=C(NC1CC2CCC1O2)c1cccnc1Br. The van der Waals surface area contributed by atoms with E-state index >= 15 is 0 Å². The van der Waals surface area contributed by atoms with Crippen LogP contribution < -0.4 is 5.32 Å². The first-order chi connectivity index (χ1) is 8.24. The van der Waals surface area contributed by atoms with Crippen molar-refractivity contribution >= 4 is 21.8 Å². The molecule has 2 fully saturated rings. The van der Waals surface area contributed by atoms with Gasteiger partial charge in [-0.3, -0.25) is 4.79 Å². The highest BCUT2D eigenvalue weighted by atomic mass is 79.9. The Balaban J connectivity index is 1.70. The summed E-state index contributed by atoms with van der Waals surface area (Å²) in [5.74, 6) is -0.0777. The highest BCUT2D eigenvalue weighted by molar-refractivity contribution is 9.10. The smallest absolute Gasteiger partial charge is 0.254 e. The fourth-order valence-electron chi connectivity index (χ4n) is 2.59. The number of pyridine rings is 1. The number of rotatable bonds is 2. The molecule has 3 atom stereocenters. The molecular weight excluding hydrogens is 284 g/mol. The van der Waals surface area contributed by atoms with Gasteiger partial charge in [-0.05, 0) is 47.3 Å².